The number of allylic oxidation sites excluding steroid dienone is 1. The predicted molar refractivity (Wildman–Crippen MR) is 128 cm³/mol. The van der Waals surface area contributed by atoms with Crippen LogP contribution < -0.4 is 9.47 Å². The van der Waals surface area contributed by atoms with Gasteiger partial charge < -0.3 is 18.9 Å². The standard InChI is InChI=1S/C27H38O4/c1-3-4-5-6-7-8-9-10-11-20-30-26-16-12-24(13-17-26)25-14-18-27(19-15-25)31-23-29-22-21-28-2/h3,12-19H,1,4-11,20-23H2,2H3. The van der Waals surface area contributed by atoms with E-state index >= 15 is 0 Å². The van der Waals surface area contributed by atoms with Crippen molar-refractivity contribution >= 4 is 0 Å². The molecule has 0 aliphatic heterocycles. The first-order chi connectivity index (χ1) is 15.3. The fraction of sp³-hybridized carbons (Fsp3) is 0.481. The van der Waals surface area contributed by atoms with Crippen molar-refractivity contribution in [3.63, 3.8) is 0 Å². The topological polar surface area (TPSA) is 36.9 Å². The Bertz CT molecular complexity index is 694. The lowest BCUT2D eigenvalue weighted by Gasteiger charge is -2.09. The van der Waals surface area contributed by atoms with Crippen LogP contribution in [0.15, 0.2) is 61.2 Å². The molecule has 0 heterocycles. The van der Waals surface area contributed by atoms with Crippen molar-refractivity contribution in [2.75, 3.05) is 33.7 Å². The molecule has 0 amide bonds. The summed E-state index contributed by atoms with van der Waals surface area (Å²) < 4.78 is 21.7. The molecule has 4 heteroatoms. The minimum absolute atomic E-state index is 0.227. The summed E-state index contributed by atoms with van der Waals surface area (Å²) in [6, 6.07) is 16.3. The molecule has 2 rings (SSSR count). The van der Waals surface area contributed by atoms with Gasteiger partial charge in [0.1, 0.15) is 11.5 Å². The van der Waals surface area contributed by atoms with Crippen molar-refractivity contribution < 1.29 is 18.9 Å². The van der Waals surface area contributed by atoms with Crippen LogP contribution in [0.2, 0.25) is 0 Å². The monoisotopic (exact) mass is 426 g/mol. The maximum Gasteiger partial charge on any atom is 0.189 e. The molecule has 0 saturated carbocycles. The van der Waals surface area contributed by atoms with Crippen molar-refractivity contribution in [2.45, 2.75) is 51.4 Å². The molecule has 0 saturated heterocycles. The van der Waals surface area contributed by atoms with E-state index in [0.29, 0.717) is 13.2 Å². The van der Waals surface area contributed by atoms with Crippen molar-refractivity contribution in [3.05, 3.63) is 61.2 Å². The van der Waals surface area contributed by atoms with E-state index in [4.69, 9.17) is 18.9 Å². The summed E-state index contributed by atoms with van der Waals surface area (Å²) in [5, 5.41) is 0. The van der Waals surface area contributed by atoms with E-state index in [9.17, 15) is 0 Å². The first-order valence-corrected chi connectivity index (χ1v) is 11.5. The van der Waals surface area contributed by atoms with Crippen LogP contribution in [0, 0.1) is 0 Å². The molecule has 0 N–H and O–H groups in total. The molecule has 31 heavy (non-hydrogen) atoms. The summed E-state index contributed by atoms with van der Waals surface area (Å²) in [5.74, 6) is 1.72. The molecule has 2 aromatic rings. The zero-order chi connectivity index (χ0) is 22.0. The molecule has 0 unspecified atom stereocenters. The minimum Gasteiger partial charge on any atom is -0.494 e. The summed E-state index contributed by atoms with van der Waals surface area (Å²) in [6.45, 7) is 5.88. The van der Waals surface area contributed by atoms with Gasteiger partial charge in [-0.05, 0) is 54.7 Å². The van der Waals surface area contributed by atoms with Crippen LogP contribution in [-0.2, 0) is 9.47 Å². The Hall–Kier alpha value is -2.30. The summed E-state index contributed by atoms with van der Waals surface area (Å²) in [5.41, 5.74) is 2.30. The molecule has 0 aromatic heterocycles. The fourth-order valence-electron chi connectivity index (χ4n) is 3.26. The lowest BCUT2D eigenvalue weighted by molar-refractivity contribution is -0.00846. The minimum atomic E-state index is 0.227. The van der Waals surface area contributed by atoms with E-state index in [1.807, 2.05) is 30.3 Å². The first-order valence-electron chi connectivity index (χ1n) is 11.5. The number of ether oxygens (including phenoxy) is 4. The van der Waals surface area contributed by atoms with Crippen LogP contribution in [0.5, 0.6) is 11.5 Å². The highest BCUT2D eigenvalue weighted by molar-refractivity contribution is 5.64. The van der Waals surface area contributed by atoms with Crippen LogP contribution >= 0.6 is 0 Å². The number of rotatable bonds is 18. The summed E-state index contributed by atoms with van der Waals surface area (Å²) in [4.78, 5) is 0. The first kappa shape index (κ1) is 25.0. The molecule has 0 aliphatic rings. The third-order valence-electron chi connectivity index (χ3n) is 5.10. The molecule has 0 aliphatic carbocycles. The second-order valence-electron chi connectivity index (χ2n) is 7.61. The number of hydrogen-bond donors (Lipinski definition) is 0. The zero-order valence-electron chi connectivity index (χ0n) is 19.0. The Balaban J connectivity index is 1.61. The third kappa shape index (κ3) is 11.0. The Morgan fingerprint density at radius 1 is 0.645 bits per heavy atom. The molecule has 0 atom stereocenters. The van der Waals surface area contributed by atoms with E-state index in [1.54, 1.807) is 7.11 Å². The molecule has 0 radical (unpaired) electrons. The van der Waals surface area contributed by atoms with Gasteiger partial charge in [0.25, 0.3) is 0 Å². The van der Waals surface area contributed by atoms with Crippen molar-refractivity contribution in [2.24, 2.45) is 0 Å². The van der Waals surface area contributed by atoms with Crippen LogP contribution in [0.1, 0.15) is 51.4 Å². The van der Waals surface area contributed by atoms with Crippen molar-refractivity contribution in [3.8, 4) is 22.6 Å². The van der Waals surface area contributed by atoms with Crippen LogP contribution in [0.25, 0.3) is 11.1 Å². The molecular weight excluding hydrogens is 388 g/mol. The molecule has 0 spiro atoms. The molecule has 0 fully saturated rings. The summed E-state index contributed by atoms with van der Waals surface area (Å²) >= 11 is 0. The zero-order valence-corrected chi connectivity index (χ0v) is 19.0. The Morgan fingerprint density at radius 3 is 1.77 bits per heavy atom. The van der Waals surface area contributed by atoms with Crippen LogP contribution in [-0.4, -0.2) is 33.7 Å². The number of unbranched alkanes of at least 4 members (excludes halogenated alkanes) is 7. The van der Waals surface area contributed by atoms with Crippen molar-refractivity contribution in [1.82, 2.24) is 0 Å². The van der Waals surface area contributed by atoms with E-state index in [-0.39, 0.29) is 6.79 Å². The van der Waals surface area contributed by atoms with Gasteiger partial charge in [-0.3, -0.25) is 0 Å². The second kappa shape index (κ2) is 16.4. The van der Waals surface area contributed by atoms with E-state index in [1.165, 1.54) is 38.5 Å². The molecule has 0 bridgehead atoms. The number of benzene rings is 2. The summed E-state index contributed by atoms with van der Waals surface area (Å²) in [6.07, 6.45) is 12.1. The van der Waals surface area contributed by atoms with Gasteiger partial charge in [-0.2, -0.15) is 0 Å². The van der Waals surface area contributed by atoms with Gasteiger partial charge in [0.2, 0.25) is 0 Å². The molecule has 2 aromatic carbocycles. The molecule has 170 valence electrons. The van der Waals surface area contributed by atoms with Gasteiger partial charge in [-0.15, -0.1) is 6.58 Å². The smallest absolute Gasteiger partial charge is 0.189 e. The molecular formula is C27H38O4. The highest BCUT2D eigenvalue weighted by Gasteiger charge is 2.01. The summed E-state index contributed by atoms with van der Waals surface area (Å²) in [7, 11) is 1.65. The Kier molecular flexibility index (Phi) is 13.2. The Labute approximate surface area is 188 Å². The van der Waals surface area contributed by atoms with Gasteiger partial charge in [-0.25, -0.2) is 0 Å². The van der Waals surface area contributed by atoms with Gasteiger partial charge in [0.05, 0.1) is 19.8 Å². The second-order valence-corrected chi connectivity index (χ2v) is 7.61. The average molecular weight is 427 g/mol. The van der Waals surface area contributed by atoms with Gasteiger partial charge in [0.15, 0.2) is 6.79 Å². The normalized spacial score (nSPS) is 10.7. The van der Waals surface area contributed by atoms with E-state index < -0.39 is 0 Å². The predicted octanol–water partition coefficient (Wildman–Crippen LogP) is 7.04. The number of methoxy groups -OCH3 is 1. The van der Waals surface area contributed by atoms with Crippen LogP contribution in [0.3, 0.4) is 0 Å². The SMILES string of the molecule is C=CCCCCCCCCCOc1ccc(-c2ccc(OCOCCOC)cc2)cc1. The Morgan fingerprint density at radius 2 is 1.19 bits per heavy atom. The maximum atomic E-state index is 5.89. The van der Waals surface area contributed by atoms with Crippen molar-refractivity contribution in [1.29, 1.82) is 0 Å². The maximum absolute atomic E-state index is 5.89. The largest absolute Gasteiger partial charge is 0.494 e. The third-order valence-corrected chi connectivity index (χ3v) is 5.10. The van der Waals surface area contributed by atoms with Crippen LogP contribution in [0.4, 0.5) is 0 Å². The molecule has 4 nitrogen and oxygen atoms in total. The van der Waals surface area contributed by atoms with E-state index in [0.717, 1.165) is 42.1 Å². The number of hydrogen-bond acceptors (Lipinski definition) is 4. The van der Waals surface area contributed by atoms with Gasteiger partial charge >= 0.3 is 0 Å². The van der Waals surface area contributed by atoms with Gasteiger partial charge in [0, 0.05) is 7.11 Å². The van der Waals surface area contributed by atoms with Gasteiger partial charge in [-0.1, -0.05) is 62.4 Å². The highest BCUT2D eigenvalue weighted by atomic mass is 16.7. The fourth-order valence-corrected chi connectivity index (χ4v) is 3.26. The average Bonchev–Trinajstić information content (AvgIpc) is 2.81. The highest BCUT2D eigenvalue weighted by Crippen LogP contribution is 2.25. The van der Waals surface area contributed by atoms with E-state index in [2.05, 4.69) is 30.8 Å². The lowest BCUT2D eigenvalue weighted by atomic mass is 10.1. The quantitative estimate of drug-likeness (QED) is 0.146. The lowest BCUT2D eigenvalue weighted by Crippen LogP contribution is -2.07.